The van der Waals surface area contributed by atoms with Crippen LogP contribution in [-0.2, 0) is 11.3 Å². The molecule has 6 nitrogen and oxygen atoms in total. The molecule has 1 aromatic carbocycles. The second-order valence-corrected chi connectivity index (χ2v) is 3.03. The first-order valence-electron chi connectivity index (χ1n) is 4.56. The van der Waals surface area contributed by atoms with Crippen LogP contribution in [0.1, 0.15) is 11.1 Å². The van der Waals surface area contributed by atoms with Gasteiger partial charge in [0, 0.05) is 12.1 Å². The van der Waals surface area contributed by atoms with Crippen LogP contribution in [0.2, 0.25) is 0 Å². The Balaban J connectivity index is 2.71. The third kappa shape index (κ3) is 3.16. The smallest absolute Gasteiger partial charge is 0.407 e. The van der Waals surface area contributed by atoms with E-state index in [0.717, 1.165) is 5.56 Å². The molecule has 16 heavy (non-hydrogen) atoms. The molecule has 1 amide bonds. The molecule has 0 aromatic heterocycles. The number of nitrogens with one attached hydrogen (secondary N) is 1. The summed E-state index contributed by atoms with van der Waals surface area (Å²) < 4.78 is 4.43. The van der Waals surface area contributed by atoms with E-state index in [1.54, 1.807) is 18.2 Å². The highest BCUT2D eigenvalue weighted by Crippen LogP contribution is 2.04. The van der Waals surface area contributed by atoms with Gasteiger partial charge in [-0.3, -0.25) is 0 Å². The first kappa shape index (κ1) is 11.8. The van der Waals surface area contributed by atoms with Gasteiger partial charge >= 0.3 is 6.09 Å². The Morgan fingerprint density at radius 3 is 3.00 bits per heavy atom. The summed E-state index contributed by atoms with van der Waals surface area (Å²) >= 11 is 0. The molecule has 0 aliphatic heterocycles. The van der Waals surface area contributed by atoms with Gasteiger partial charge in [-0.25, -0.2) is 4.79 Å². The fourth-order valence-electron chi connectivity index (χ4n) is 1.14. The van der Waals surface area contributed by atoms with Crippen molar-refractivity contribution in [1.82, 2.24) is 5.32 Å². The number of amidine groups is 1. The average Bonchev–Trinajstić information content (AvgIpc) is 2.35. The largest absolute Gasteiger partial charge is 0.453 e. The van der Waals surface area contributed by atoms with Crippen molar-refractivity contribution in [3.63, 3.8) is 0 Å². The molecule has 0 saturated heterocycles. The van der Waals surface area contributed by atoms with Gasteiger partial charge in [-0.2, -0.15) is 0 Å². The SMILES string of the molecule is COC(=O)NCc1cccc(C(N)=NO)c1. The number of amides is 1. The summed E-state index contributed by atoms with van der Waals surface area (Å²) in [5, 5.41) is 13.9. The van der Waals surface area contributed by atoms with Crippen LogP contribution in [0.4, 0.5) is 4.79 Å². The molecule has 1 rings (SSSR count). The fourth-order valence-corrected chi connectivity index (χ4v) is 1.14. The second kappa shape index (κ2) is 5.59. The summed E-state index contributed by atoms with van der Waals surface area (Å²) in [4.78, 5) is 10.8. The van der Waals surface area contributed by atoms with Crippen molar-refractivity contribution in [2.45, 2.75) is 6.54 Å². The van der Waals surface area contributed by atoms with Gasteiger partial charge in [0.2, 0.25) is 0 Å². The number of methoxy groups -OCH3 is 1. The van der Waals surface area contributed by atoms with E-state index in [0.29, 0.717) is 12.1 Å². The number of benzene rings is 1. The maximum Gasteiger partial charge on any atom is 0.407 e. The van der Waals surface area contributed by atoms with E-state index in [1.807, 2.05) is 6.07 Å². The highest BCUT2D eigenvalue weighted by atomic mass is 16.5. The molecule has 0 bridgehead atoms. The minimum atomic E-state index is -0.505. The number of ether oxygens (including phenoxy) is 1. The average molecular weight is 223 g/mol. The van der Waals surface area contributed by atoms with Crippen molar-refractivity contribution >= 4 is 11.9 Å². The Hall–Kier alpha value is -2.24. The van der Waals surface area contributed by atoms with Gasteiger partial charge in [-0.1, -0.05) is 23.4 Å². The zero-order valence-corrected chi connectivity index (χ0v) is 8.80. The van der Waals surface area contributed by atoms with E-state index in [-0.39, 0.29) is 5.84 Å². The molecule has 0 spiro atoms. The van der Waals surface area contributed by atoms with Gasteiger partial charge in [0.25, 0.3) is 0 Å². The zero-order valence-electron chi connectivity index (χ0n) is 8.80. The van der Waals surface area contributed by atoms with Crippen LogP contribution in [0.5, 0.6) is 0 Å². The van der Waals surface area contributed by atoms with Crippen molar-refractivity contribution < 1.29 is 14.7 Å². The number of nitrogens with zero attached hydrogens (tertiary/aromatic N) is 1. The molecule has 0 radical (unpaired) electrons. The normalized spacial score (nSPS) is 10.9. The lowest BCUT2D eigenvalue weighted by Crippen LogP contribution is -2.22. The van der Waals surface area contributed by atoms with Crippen LogP contribution in [0.15, 0.2) is 29.4 Å². The van der Waals surface area contributed by atoms with Crippen LogP contribution in [0.25, 0.3) is 0 Å². The summed E-state index contributed by atoms with van der Waals surface area (Å²) in [5.74, 6) is 0.0277. The first-order valence-corrected chi connectivity index (χ1v) is 4.56. The van der Waals surface area contributed by atoms with Crippen molar-refractivity contribution in [3.8, 4) is 0 Å². The Bertz CT molecular complexity index is 404. The highest BCUT2D eigenvalue weighted by molar-refractivity contribution is 5.97. The van der Waals surface area contributed by atoms with Crippen LogP contribution in [0, 0.1) is 0 Å². The third-order valence-corrected chi connectivity index (χ3v) is 1.95. The molecule has 0 aliphatic rings. The third-order valence-electron chi connectivity index (χ3n) is 1.95. The van der Waals surface area contributed by atoms with Crippen molar-refractivity contribution in [3.05, 3.63) is 35.4 Å². The number of carbonyl (C=O) groups excluding carboxylic acids is 1. The quantitative estimate of drug-likeness (QED) is 0.303. The monoisotopic (exact) mass is 223 g/mol. The molecular weight excluding hydrogens is 210 g/mol. The van der Waals surface area contributed by atoms with Crippen molar-refractivity contribution in [2.24, 2.45) is 10.9 Å². The Labute approximate surface area is 92.7 Å². The molecule has 0 heterocycles. The van der Waals surface area contributed by atoms with Crippen LogP contribution in [0.3, 0.4) is 0 Å². The molecular formula is C10H13N3O3. The fraction of sp³-hybridized carbons (Fsp3) is 0.200. The number of alkyl carbamates (subject to hydrolysis) is 1. The predicted molar refractivity (Wildman–Crippen MR) is 58.2 cm³/mol. The summed E-state index contributed by atoms with van der Waals surface area (Å²) in [6.45, 7) is 0.319. The Morgan fingerprint density at radius 2 is 2.38 bits per heavy atom. The molecule has 6 heteroatoms. The van der Waals surface area contributed by atoms with Crippen LogP contribution in [-0.4, -0.2) is 24.2 Å². The summed E-state index contributed by atoms with van der Waals surface area (Å²) in [7, 11) is 1.29. The predicted octanol–water partition coefficient (Wildman–Crippen LogP) is 0.637. The van der Waals surface area contributed by atoms with E-state index >= 15 is 0 Å². The van der Waals surface area contributed by atoms with Crippen molar-refractivity contribution in [1.29, 1.82) is 0 Å². The van der Waals surface area contributed by atoms with E-state index in [1.165, 1.54) is 7.11 Å². The maximum atomic E-state index is 10.8. The van der Waals surface area contributed by atoms with Gasteiger partial charge in [0.1, 0.15) is 0 Å². The minimum Gasteiger partial charge on any atom is -0.453 e. The summed E-state index contributed by atoms with van der Waals surface area (Å²) in [5.41, 5.74) is 6.85. The number of hydrogen-bond donors (Lipinski definition) is 3. The summed E-state index contributed by atoms with van der Waals surface area (Å²) in [6, 6.07) is 6.98. The Morgan fingerprint density at radius 1 is 1.62 bits per heavy atom. The lowest BCUT2D eigenvalue weighted by atomic mass is 10.1. The van der Waals surface area contributed by atoms with E-state index in [2.05, 4.69) is 15.2 Å². The maximum absolute atomic E-state index is 10.8. The number of oxime groups is 1. The number of rotatable bonds is 3. The van der Waals surface area contributed by atoms with Gasteiger partial charge < -0.3 is 21.0 Å². The van der Waals surface area contributed by atoms with Gasteiger partial charge in [0.15, 0.2) is 5.84 Å². The lowest BCUT2D eigenvalue weighted by molar-refractivity contribution is 0.170. The minimum absolute atomic E-state index is 0.0277. The topological polar surface area (TPSA) is 96.9 Å². The molecule has 0 fully saturated rings. The van der Waals surface area contributed by atoms with E-state index in [9.17, 15) is 4.79 Å². The number of carbonyl (C=O) groups is 1. The van der Waals surface area contributed by atoms with E-state index in [4.69, 9.17) is 10.9 Å². The standard InChI is InChI=1S/C10H13N3O3/c1-16-10(14)12-6-7-3-2-4-8(5-7)9(11)13-15/h2-5,15H,6H2,1H3,(H2,11,13)(H,12,14). The highest BCUT2D eigenvalue weighted by Gasteiger charge is 2.02. The zero-order chi connectivity index (χ0) is 12.0. The second-order valence-electron chi connectivity index (χ2n) is 3.03. The van der Waals surface area contributed by atoms with Gasteiger partial charge in [0.05, 0.1) is 7.11 Å². The molecule has 4 N–H and O–H groups in total. The van der Waals surface area contributed by atoms with Crippen molar-refractivity contribution in [2.75, 3.05) is 7.11 Å². The van der Waals surface area contributed by atoms with Crippen LogP contribution < -0.4 is 11.1 Å². The van der Waals surface area contributed by atoms with E-state index < -0.39 is 6.09 Å². The molecule has 1 aromatic rings. The number of nitrogens with two attached hydrogens (primary N) is 1. The first-order chi connectivity index (χ1) is 7.67. The molecule has 86 valence electrons. The molecule has 0 aliphatic carbocycles. The lowest BCUT2D eigenvalue weighted by Gasteiger charge is -2.05. The van der Waals surface area contributed by atoms with Gasteiger partial charge in [-0.05, 0) is 11.6 Å². The molecule has 0 unspecified atom stereocenters. The number of hydrogen-bond acceptors (Lipinski definition) is 4. The molecule has 0 atom stereocenters. The van der Waals surface area contributed by atoms with Gasteiger partial charge in [-0.15, -0.1) is 0 Å². The Kier molecular flexibility index (Phi) is 4.14. The molecule has 0 saturated carbocycles. The van der Waals surface area contributed by atoms with Crippen LogP contribution >= 0.6 is 0 Å². The summed E-state index contributed by atoms with van der Waals surface area (Å²) in [6.07, 6.45) is -0.505.